The number of anilines is 4. The largest absolute Gasteiger partial charge is 1.00 e. The molecule has 1 heterocycles. The van der Waals surface area contributed by atoms with Crippen LogP contribution in [0.5, 0.6) is 0 Å². The molecule has 0 bridgehead atoms. The van der Waals surface area contributed by atoms with Gasteiger partial charge in [-0.3, -0.25) is 5.04 Å². The average molecular weight is 1150 g/mol. The third kappa shape index (κ3) is 15.8. The van der Waals surface area contributed by atoms with Crippen LogP contribution in [0.15, 0.2) is 160 Å². The van der Waals surface area contributed by atoms with Gasteiger partial charge in [-0.1, -0.05) is 36.4 Å². The molecule has 1 aromatic heterocycles. The van der Waals surface area contributed by atoms with E-state index >= 15 is 0 Å². The molecule has 7 aromatic carbocycles. The number of hydrogen-bond acceptors (Lipinski definition) is 25. The first-order chi connectivity index (χ1) is 32.6. The van der Waals surface area contributed by atoms with E-state index < -0.39 is 83.4 Å². The molecule has 0 radical (unpaired) electrons. The fraction of sp³-hybridized carbons (Fsp3) is 0. The van der Waals surface area contributed by atoms with Crippen molar-refractivity contribution in [2.75, 3.05) is 10.6 Å². The van der Waals surface area contributed by atoms with Crippen molar-refractivity contribution < 1.29 is 219 Å². The number of nitrogens with one attached hydrogen (secondary N) is 2. The summed E-state index contributed by atoms with van der Waals surface area (Å²) in [7, 11) is -20.5. The molecule has 0 spiro atoms. The van der Waals surface area contributed by atoms with Crippen LogP contribution in [0, 0.1) is 6.08 Å². The molecular weight excluding hydrogens is 1130 g/mol. The molecule has 0 unspecified atom stereocenters. The Kier molecular flexibility index (Phi) is 24.3. The second-order valence-corrected chi connectivity index (χ2v) is 20.1. The molecular formula is C39H21FN9Na5O15S5. The quantitative estimate of drug-likeness (QED) is 0.0240. The van der Waals surface area contributed by atoms with Crippen LogP contribution in [0.25, 0.3) is 32.3 Å². The van der Waals surface area contributed by atoms with E-state index in [4.69, 9.17) is 0 Å². The number of halogens is 1. The van der Waals surface area contributed by atoms with Gasteiger partial charge >= 0.3 is 154 Å². The molecule has 0 aliphatic heterocycles. The Morgan fingerprint density at radius 1 is 0.500 bits per heavy atom. The molecule has 0 aliphatic carbocycles. The topological polar surface area (TPSA) is 382 Å². The van der Waals surface area contributed by atoms with Gasteiger partial charge in [-0.05, 0) is 78.9 Å². The first-order valence-corrected chi connectivity index (χ1v) is 25.0. The Balaban J connectivity index is 0.00000289. The first-order valence-electron chi connectivity index (χ1n) is 18.6. The summed E-state index contributed by atoms with van der Waals surface area (Å²) < 4.78 is 164. The predicted octanol–water partition coefficient (Wildman–Crippen LogP) is -8.34. The predicted molar refractivity (Wildman–Crippen MR) is 233 cm³/mol. The van der Waals surface area contributed by atoms with Gasteiger partial charge in [0, 0.05) is 42.9 Å². The van der Waals surface area contributed by atoms with Gasteiger partial charge in [-0.2, -0.15) is 28.8 Å². The number of benzene rings is 7. The summed E-state index contributed by atoms with van der Waals surface area (Å²) in [5, 5.41) is 35.7. The van der Waals surface area contributed by atoms with E-state index in [1.165, 1.54) is 66.7 Å². The zero-order valence-electron chi connectivity index (χ0n) is 38.6. The third-order valence-electron chi connectivity index (χ3n) is 9.56. The molecule has 0 fully saturated rings. The Bertz CT molecular complexity index is 3970. The minimum absolute atomic E-state index is 0. The number of azo groups is 2. The molecule has 8 rings (SSSR count). The molecule has 24 nitrogen and oxygen atoms in total. The number of hydrogen-bond donors (Lipinski definition) is 2. The van der Waals surface area contributed by atoms with Crippen LogP contribution in [0.3, 0.4) is 0 Å². The molecule has 74 heavy (non-hydrogen) atoms. The molecule has 0 saturated carbocycles. The Morgan fingerprint density at radius 3 is 1.68 bits per heavy atom. The molecule has 0 amide bonds. The van der Waals surface area contributed by atoms with Crippen molar-refractivity contribution in [3.63, 3.8) is 0 Å². The maximum atomic E-state index is 14.7. The van der Waals surface area contributed by atoms with E-state index in [1.54, 1.807) is 0 Å². The molecule has 8 aromatic rings. The van der Waals surface area contributed by atoms with E-state index in [0.717, 1.165) is 48.5 Å². The van der Waals surface area contributed by atoms with Gasteiger partial charge in [-0.25, -0.2) is 33.7 Å². The minimum atomic E-state index is -5.26. The van der Waals surface area contributed by atoms with Crippen LogP contribution in [0.2, 0.25) is 0 Å². The van der Waals surface area contributed by atoms with E-state index in [-0.39, 0.29) is 214 Å². The summed E-state index contributed by atoms with van der Waals surface area (Å²) in [6.45, 7) is 0. The number of nitrogens with zero attached hydrogens (tertiary/aromatic N) is 7. The Labute approximate surface area is 533 Å². The smallest absolute Gasteiger partial charge is 0.744 e. The summed E-state index contributed by atoms with van der Waals surface area (Å²) in [6, 6.07) is 23.1. The normalized spacial score (nSPS) is 11.9. The van der Waals surface area contributed by atoms with Crippen LogP contribution < -0.4 is 164 Å². The van der Waals surface area contributed by atoms with Crippen molar-refractivity contribution in [3.05, 3.63) is 121 Å². The van der Waals surface area contributed by atoms with Crippen molar-refractivity contribution in [2.24, 2.45) is 20.5 Å². The van der Waals surface area contributed by atoms with Gasteiger partial charge < -0.3 is 34.1 Å². The third-order valence-corrected chi connectivity index (χ3v) is 13.6. The van der Waals surface area contributed by atoms with Gasteiger partial charge in [0.25, 0.3) is 0 Å². The zero-order valence-corrected chi connectivity index (χ0v) is 52.7. The van der Waals surface area contributed by atoms with Crippen molar-refractivity contribution in [2.45, 2.75) is 24.5 Å². The van der Waals surface area contributed by atoms with Gasteiger partial charge in [0.2, 0.25) is 11.9 Å². The van der Waals surface area contributed by atoms with Gasteiger partial charge in [0.15, 0.2) is 0 Å². The van der Waals surface area contributed by atoms with E-state index in [1.807, 2.05) is 0 Å². The summed E-state index contributed by atoms with van der Waals surface area (Å²) in [5.41, 5.74) is -0.355. The molecule has 0 aliphatic rings. The Morgan fingerprint density at radius 2 is 1.05 bits per heavy atom. The number of rotatable bonds is 15. The van der Waals surface area contributed by atoms with Crippen molar-refractivity contribution in [1.29, 1.82) is 0 Å². The van der Waals surface area contributed by atoms with Crippen LogP contribution in [0.1, 0.15) is 0 Å². The fourth-order valence-electron chi connectivity index (χ4n) is 6.79. The maximum absolute atomic E-state index is 14.7. The van der Waals surface area contributed by atoms with Crippen molar-refractivity contribution >= 4 is 131 Å². The second-order valence-electron chi connectivity index (χ2n) is 13.9. The molecule has 0 saturated heterocycles. The van der Waals surface area contributed by atoms with Crippen LogP contribution >= 0.6 is 12.0 Å². The monoisotopic (exact) mass is 1150 g/mol. The maximum Gasteiger partial charge on any atom is 1.00 e. The molecule has 0 atom stereocenters. The van der Waals surface area contributed by atoms with Crippen molar-refractivity contribution in [1.82, 2.24) is 15.0 Å². The summed E-state index contributed by atoms with van der Waals surface area (Å²) in [6.07, 6.45) is -1.35. The fourth-order valence-corrected chi connectivity index (χ4v) is 9.81. The van der Waals surface area contributed by atoms with Gasteiger partial charge in [-0.15, -0.1) is 15.3 Å². The SMILES string of the molecule is O=S(=O)([O-])c1cccc(Nc2nc(F)nc(Nc3ccc(N=Nc4ccc(N=Nc5cc(S(=O)(=O)[O-])c6cccc(S(=O)(=O)[O-])c6c5)c5cc(SOO[O-])ccc45)c4cccc(S(=O)(=O)[O-])c34)n2)c1.[Na+].[Na+].[Na+].[Na+].[Na+]. The van der Waals surface area contributed by atoms with Crippen LogP contribution in [-0.2, 0) is 49.8 Å². The van der Waals surface area contributed by atoms with E-state index in [9.17, 15) is 61.5 Å². The number of fused-ring (bicyclic) bond motifs is 3. The summed E-state index contributed by atoms with van der Waals surface area (Å²) in [4.78, 5) is 8.36. The van der Waals surface area contributed by atoms with Crippen LogP contribution in [0.4, 0.5) is 50.4 Å². The summed E-state index contributed by atoms with van der Waals surface area (Å²) >= 11 is 0.497. The molecule has 2 N–H and O–H groups in total. The minimum Gasteiger partial charge on any atom is -0.744 e. The van der Waals surface area contributed by atoms with E-state index in [0.29, 0.717) is 12.0 Å². The zero-order chi connectivity index (χ0) is 49.5. The Hall–Kier alpha value is -2.07. The standard InChI is InChI=1S/C39H26FN9O15S5.5Na/c40-37-43-38(41-20-4-1-5-23(16-20)66(51,52)53)45-39(44-37)42-32-15-14-30(26-7-3-9-34(36(26)32)68(57,58)59)49-48-29-12-13-31(27-19-22(65-64-63-50)10-11-24(27)29)47-46-21-17-28-25(35(18-21)69(60,61)62)6-2-8-33(28)67(54,55)56;;;;;/h1-19,50H,(H,51,52,53)(H,54,55,56)(H,57,58,59)(H,60,61,62)(H2,41,42,43,44,45);;;;;/q;5*+1/p-5. The van der Waals surface area contributed by atoms with Crippen LogP contribution in [-0.4, -0.2) is 66.8 Å². The summed E-state index contributed by atoms with van der Waals surface area (Å²) in [5.74, 6) is -0.991. The van der Waals surface area contributed by atoms with Gasteiger partial charge in [0.1, 0.15) is 40.5 Å². The average Bonchev–Trinajstić information content (AvgIpc) is 3.28. The molecule has 35 heteroatoms. The molecule has 354 valence electrons. The van der Waals surface area contributed by atoms with Crippen molar-refractivity contribution in [3.8, 4) is 0 Å². The first kappa shape index (κ1) is 66.2. The second kappa shape index (κ2) is 27.2. The van der Waals surface area contributed by atoms with Gasteiger partial charge in [0.05, 0.1) is 60.1 Å². The number of aromatic nitrogens is 3. The van der Waals surface area contributed by atoms with E-state index in [2.05, 4.69) is 55.4 Å².